The van der Waals surface area contributed by atoms with Gasteiger partial charge in [0.1, 0.15) is 11.5 Å². The van der Waals surface area contributed by atoms with Crippen molar-refractivity contribution in [2.24, 2.45) is 0 Å². The molecular weight excluding hydrogens is 332 g/mol. The van der Waals surface area contributed by atoms with Crippen molar-refractivity contribution in [3.8, 4) is 11.5 Å². The SMILES string of the molecule is COc1ccccc1/C=C/C(=O)NNC(=O)COc1ccc(C)c(C)c1. The van der Waals surface area contributed by atoms with Gasteiger partial charge >= 0.3 is 0 Å². The molecule has 2 aromatic carbocycles. The highest BCUT2D eigenvalue weighted by atomic mass is 16.5. The van der Waals surface area contributed by atoms with Gasteiger partial charge in [-0.05, 0) is 49.2 Å². The Kier molecular flexibility index (Phi) is 6.79. The fourth-order valence-electron chi connectivity index (χ4n) is 2.13. The van der Waals surface area contributed by atoms with Crippen LogP contribution < -0.4 is 20.3 Å². The minimum atomic E-state index is -0.463. The summed E-state index contributed by atoms with van der Waals surface area (Å²) in [5.41, 5.74) is 7.59. The van der Waals surface area contributed by atoms with Gasteiger partial charge in [-0.2, -0.15) is 0 Å². The van der Waals surface area contributed by atoms with E-state index in [2.05, 4.69) is 10.9 Å². The summed E-state index contributed by atoms with van der Waals surface area (Å²) in [5.74, 6) is 0.339. The number of para-hydroxylation sites is 1. The summed E-state index contributed by atoms with van der Waals surface area (Å²) in [6, 6.07) is 12.9. The molecule has 0 fully saturated rings. The number of aryl methyl sites for hydroxylation is 2. The van der Waals surface area contributed by atoms with Crippen LogP contribution in [-0.4, -0.2) is 25.5 Å². The average molecular weight is 354 g/mol. The maximum absolute atomic E-state index is 11.8. The van der Waals surface area contributed by atoms with E-state index in [-0.39, 0.29) is 6.61 Å². The lowest BCUT2D eigenvalue weighted by atomic mass is 10.1. The zero-order valence-corrected chi connectivity index (χ0v) is 15.0. The van der Waals surface area contributed by atoms with Crippen molar-refractivity contribution < 1.29 is 19.1 Å². The van der Waals surface area contributed by atoms with Crippen molar-refractivity contribution in [3.63, 3.8) is 0 Å². The van der Waals surface area contributed by atoms with E-state index in [1.54, 1.807) is 25.3 Å². The van der Waals surface area contributed by atoms with E-state index in [0.717, 1.165) is 16.7 Å². The van der Waals surface area contributed by atoms with Gasteiger partial charge in [-0.15, -0.1) is 0 Å². The van der Waals surface area contributed by atoms with Gasteiger partial charge in [-0.1, -0.05) is 24.3 Å². The quantitative estimate of drug-likeness (QED) is 0.617. The summed E-state index contributed by atoms with van der Waals surface area (Å²) in [5, 5.41) is 0. The number of benzene rings is 2. The first-order valence-corrected chi connectivity index (χ1v) is 8.09. The summed E-state index contributed by atoms with van der Waals surface area (Å²) >= 11 is 0. The van der Waals surface area contributed by atoms with Gasteiger partial charge in [0.05, 0.1) is 7.11 Å². The molecule has 2 N–H and O–H groups in total. The van der Waals surface area contributed by atoms with Crippen LogP contribution in [-0.2, 0) is 9.59 Å². The van der Waals surface area contributed by atoms with E-state index in [9.17, 15) is 9.59 Å². The van der Waals surface area contributed by atoms with Crippen LogP contribution in [0.5, 0.6) is 11.5 Å². The van der Waals surface area contributed by atoms with E-state index in [0.29, 0.717) is 11.5 Å². The zero-order chi connectivity index (χ0) is 18.9. The number of carbonyl (C=O) groups is 2. The molecule has 2 rings (SSSR count). The predicted octanol–water partition coefficient (Wildman–Crippen LogP) is 2.55. The monoisotopic (exact) mass is 354 g/mol. The number of rotatable bonds is 6. The van der Waals surface area contributed by atoms with E-state index < -0.39 is 11.8 Å². The predicted molar refractivity (Wildman–Crippen MR) is 99.7 cm³/mol. The van der Waals surface area contributed by atoms with Crippen molar-refractivity contribution in [1.29, 1.82) is 0 Å². The van der Waals surface area contributed by atoms with Crippen molar-refractivity contribution in [3.05, 3.63) is 65.2 Å². The van der Waals surface area contributed by atoms with Crippen LogP contribution in [0.1, 0.15) is 16.7 Å². The number of hydrogen-bond acceptors (Lipinski definition) is 4. The molecule has 0 aliphatic rings. The maximum atomic E-state index is 11.8. The maximum Gasteiger partial charge on any atom is 0.276 e. The molecular formula is C20H22N2O4. The van der Waals surface area contributed by atoms with Crippen molar-refractivity contribution in [2.75, 3.05) is 13.7 Å². The molecule has 26 heavy (non-hydrogen) atoms. The molecule has 2 aromatic rings. The highest BCUT2D eigenvalue weighted by molar-refractivity contribution is 5.93. The highest BCUT2D eigenvalue weighted by Gasteiger charge is 2.05. The number of hydrogen-bond donors (Lipinski definition) is 2. The second-order valence-electron chi connectivity index (χ2n) is 5.65. The summed E-state index contributed by atoms with van der Waals surface area (Å²) in [4.78, 5) is 23.5. The van der Waals surface area contributed by atoms with Crippen LogP contribution in [0.4, 0.5) is 0 Å². The Hall–Kier alpha value is -3.28. The molecule has 0 heterocycles. The Labute approximate surface area is 152 Å². The van der Waals surface area contributed by atoms with Crippen LogP contribution in [0.15, 0.2) is 48.5 Å². The van der Waals surface area contributed by atoms with Crippen LogP contribution in [0.3, 0.4) is 0 Å². The minimum Gasteiger partial charge on any atom is -0.496 e. The van der Waals surface area contributed by atoms with Gasteiger partial charge in [-0.3, -0.25) is 20.4 Å². The van der Waals surface area contributed by atoms with Crippen LogP contribution >= 0.6 is 0 Å². The average Bonchev–Trinajstić information content (AvgIpc) is 2.65. The zero-order valence-electron chi connectivity index (χ0n) is 15.0. The van der Waals surface area contributed by atoms with E-state index in [1.165, 1.54) is 6.08 Å². The van der Waals surface area contributed by atoms with Gasteiger partial charge in [0.25, 0.3) is 11.8 Å². The minimum absolute atomic E-state index is 0.195. The number of methoxy groups -OCH3 is 1. The second kappa shape index (κ2) is 9.27. The second-order valence-corrected chi connectivity index (χ2v) is 5.65. The molecule has 0 aliphatic heterocycles. The van der Waals surface area contributed by atoms with Gasteiger partial charge in [0.15, 0.2) is 6.61 Å². The van der Waals surface area contributed by atoms with E-state index in [1.807, 2.05) is 44.2 Å². The summed E-state index contributed by atoms with van der Waals surface area (Å²) < 4.78 is 10.6. The van der Waals surface area contributed by atoms with Crippen LogP contribution in [0.2, 0.25) is 0 Å². The molecule has 0 spiro atoms. The molecule has 0 saturated carbocycles. The van der Waals surface area contributed by atoms with Crippen molar-refractivity contribution >= 4 is 17.9 Å². The number of hydrazine groups is 1. The third-order valence-corrected chi connectivity index (χ3v) is 3.73. The highest BCUT2D eigenvalue weighted by Crippen LogP contribution is 2.18. The fourth-order valence-corrected chi connectivity index (χ4v) is 2.13. The van der Waals surface area contributed by atoms with Crippen molar-refractivity contribution in [2.45, 2.75) is 13.8 Å². The fraction of sp³-hybridized carbons (Fsp3) is 0.200. The molecule has 2 amide bonds. The first-order chi connectivity index (χ1) is 12.5. The smallest absolute Gasteiger partial charge is 0.276 e. The third-order valence-electron chi connectivity index (χ3n) is 3.73. The van der Waals surface area contributed by atoms with Crippen molar-refractivity contribution in [1.82, 2.24) is 10.9 Å². The number of amides is 2. The van der Waals surface area contributed by atoms with E-state index >= 15 is 0 Å². The number of carbonyl (C=O) groups excluding carboxylic acids is 2. The van der Waals surface area contributed by atoms with Crippen LogP contribution in [0, 0.1) is 13.8 Å². The lowest BCUT2D eigenvalue weighted by Crippen LogP contribution is -2.43. The topological polar surface area (TPSA) is 76.7 Å². The Morgan fingerprint density at radius 3 is 2.54 bits per heavy atom. The largest absolute Gasteiger partial charge is 0.496 e. The molecule has 136 valence electrons. The molecule has 0 aromatic heterocycles. The summed E-state index contributed by atoms with van der Waals surface area (Å²) in [6.07, 6.45) is 2.91. The van der Waals surface area contributed by atoms with Gasteiger partial charge in [0.2, 0.25) is 0 Å². The Morgan fingerprint density at radius 2 is 1.81 bits per heavy atom. The molecule has 0 radical (unpaired) electrons. The van der Waals surface area contributed by atoms with E-state index in [4.69, 9.17) is 9.47 Å². The molecule has 6 nitrogen and oxygen atoms in total. The first-order valence-electron chi connectivity index (χ1n) is 8.09. The van der Waals surface area contributed by atoms with Gasteiger partial charge in [0, 0.05) is 11.6 Å². The standard InChI is InChI=1S/C20H22N2O4/c1-14-8-10-17(12-15(14)2)26-13-20(24)22-21-19(23)11-9-16-6-4-5-7-18(16)25-3/h4-12H,13H2,1-3H3,(H,21,23)(H,22,24)/b11-9+. The van der Waals surface area contributed by atoms with Gasteiger partial charge < -0.3 is 9.47 Å². The number of nitrogens with one attached hydrogen (secondary N) is 2. The normalized spacial score (nSPS) is 10.4. The Morgan fingerprint density at radius 1 is 1.04 bits per heavy atom. The lowest BCUT2D eigenvalue weighted by Gasteiger charge is -2.09. The summed E-state index contributed by atoms with van der Waals surface area (Å²) in [7, 11) is 1.56. The Bertz CT molecular complexity index is 815. The molecule has 0 bridgehead atoms. The first kappa shape index (κ1) is 19.1. The molecule has 0 atom stereocenters. The molecule has 0 unspecified atom stereocenters. The molecule has 0 saturated heterocycles. The molecule has 6 heteroatoms. The number of ether oxygens (including phenoxy) is 2. The lowest BCUT2D eigenvalue weighted by molar-refractivity contribution is -0.128. The van der Waals surface area contributed by atoms with Gasteiger partial charge in [-0.25, -0.2) is 0 Å². The molecule has 0 aliphatic carbocycles. The Balaban J connectivity index is 1.78. The third kappa shape index (κ3) is 5.66. The summed E-state index contributed by atoms with van der Waals surface area (Å²) in [6.45, 7) is 3.77. The van der Waals surface area contributed by atoms with Crippen LogP contribution in [0.25, 0.3) is 6.08 Å².